The second kappa shape index (κ2) is 7.79. The van der Waals surface area contributed by atoms with Gasteiger partial charge in [-0.05, 0) is 68.2 Å². The zero-order chi connectivity index (χ0) is 15.4. The van der Waals surface area contributed by atoms with E-state index in [-0.39, 0.29) is 0 Å². The van der Waals surface area contributed by atoms with E-state index in [2.05, 4.69) is 65.2 Å². The van der Waals surface area contributed by atoms with Gasteiger partial charge in [-0.1, -0.05) is 12.8 Å². The molecular formula is C18H38N2. The normalized spacial score (nSPS) is 24.9. The molecule has 1 aliphatic rings. The molecule has 0 radical (unpaired) electrons. The van der Waals surface area contributed by atoms with Crippen molar-refractivity contribution < 1.29 is 0 Å². The molecule has 1 fully saturated rings. The molecule has 2 heteroatoms. The Balaban J connectivity index is 3.00. The lowest BCUT2D eigenvalue weighted by Crippen LogP contribution is -2.60. The van der Waals surface area contributed by atoms with Crippen molar-refractivity contribution in [2.24, 2.45) is 0 Å². The SMILES string of the molecule is CC(C)N(C(C)C)C1CCCC[C@H]1N(C(C)C)C(C)C. The molecule has 120 valence electrons. The first kappa shape index (κ1) is 18.0. The predicted octanol–water partition coefficient (Wildman–Crippen LogP) is 4.54. The van der Waals surface area contributed by atoms with Crippen molar-refractivity contribution >= 4 is 0 Å². The van der Waals surface area contributed by atoms with Gasteiger partial charge in [0.2, 0.25) is 0 Å². The Hall–Kier alpha value is -0.0800. The van der Waals surface area contributed by atoms with Gasteiger partial charge in [0.15, 0.2) is 0 Å². The average Bonchev–Trinajstić information content (AvgIpc) is 2.29. The fourth-order valence-corrected chi connectivity index (χ4v) is 4.51. The highest BCUT2D eigenvalue weighted by Crippen LogP contribution is 2.32. The smallest absolute Gasteiger partial charge is 0.0257 e. The molecule has 0 aromatic rings. The third-order valence-corrected chi connectivity index (χ3v) is 4.84. The fraction of sp³-hybridized carbons (Fsp3) is 1.00. The van der Waals surface area contributed by atoms with Crippen LogP contribution in [-0.4, -0.2) is 46.1 Å². The minimum Gasteiger partial charge on any atom is -0.294 e. The van der Waals surface area contributed by atoms with Gasteiger partial charge < -0.3 is 0 Å². The molecule has 0 aromatic heterocycles. The molecule has 2 nitrogen and oxygen atoms in total. The van der Waals surface area contributed by atoms with Crippen LogP contribution in [0.5, 0.6) is 0 Å². The van der Waals surface area contributed by atoms with Crippen LogP contribution in [0.1, 0.15) is 81.1 Å². The van der Waals surface area contributed by atoms with E-state index < -0.39 is 0 Å². The summed E-state index contributed by atoms with van der Waals surface area (Å²) in [6, 6.07) is 4.02. The van der Waals surface area contributed by atoms with Crippen LogP contribution in [0.3, 0.4) is 0 Å². The molecule has 1 rings (SSSR count). The maximum absolute atomic E-state index is 2.77. The van der Waals surface area contributed by atoms with Crippen molar-refractivity contribution in [3.05, 3.63) is 0 Å². The molecule has 1 unspecified atom stereocenters. The van der Waals surface area contributed by atoms with Gasteiger partial charge in [-0.25, -0.2) is 0 Å². The van der Waals surface area contributed by atoms with Crippen molar-refractivity contribution in [2.45, 2.75) is 117 Å². The number of hydrogen-bond acceptors (Lipinski definition) is 2. The van der Waals surface area contributed by atoms with Gasteiger partial charge in [0.1, 0.15) is 0 Å². The van der Waals surface area contributed by atoms with Gasteiger partial charge in [0, 0.05) is 36.3 Å². The minimum atomic E-state index is 0.641. The lowest BCUT2D eigenvalue weighted by Gasteiger charge is -2.50. The van der Waals surface area contributed by atoms with Gasteiger partial charge in [0.25, 0.3) is 0 Å². The lowest BCUT2D eigenvalue weighted by atomic mass is 9.85. The molecule has 0 aliphatic heterocycles. The van der Waals surface area contributed by atoms with Crippen molar-refractivity contribution in [3.63, 3.8) is 0 Å². The van der Waals surface area contributed by atoms with E-state index in [1.807, 2.05) is 0 Å². The standard InChI is InChI=1S/C18H38N2/c1-13(2)19(14(3)4)17-11-9-10-12-18(17)20(15(5)6)16(7)8/h13-18H,9-12H2,1-8H3/t17-,18?/m1/s1. The molecule has 0 aromatic carbocycles. The highest BCUT2D eigenvalue weighted by Gasteiger charge is 2.37. The molecule has 0 saturated heterocycles. The third-order valence-electron chi connectivity index (χ3n) is 4.84. The summed E-state index contributed by atoms with van der Waals surface area (Å²) < 4.78 is 0. The minimum absolute atomic E-state index is 0.641. The van der Waals surface area contributed by atoms with E-state index in [4.69, 9.17) is 0 Å². The summed E-state index contributed by atoms with van der Waals surface area (Å²) >= 11 is 0. The Kier molecular flexibility index (Phi) is 7.00. The first-order valence-corrected chi connectivity index (χ1v) is 8.82. The van der Waals surface area contributed by atoms with E-state index in [1.54, 1.807) is 0 Å². The summed E-state index contributed by atoms with van der Waals surface area (Å²) in [6.07, 6.45) is 5.55. The van der Waals surface area contributed by atoms with Gasteiger partial charge in [-0.2, -0.15) is 0 Å². The third kappa shape index (κ3) is 4.21. The first-order valence-electron chi connectivity index (χ1n) is 8.82. The Labute approximate surface area is 127 Å². The highest BCUT2D eigenvalue weighted by atomic mass is 15.3. The molecule has 1 aliphatic carbocycles. The monoisotopic (exact) mass is 282 g/mol. The van der Waals surface area contributed by atoms with Crippen molar-refractivity contribution in [3.8, 4) is 0 Å². The van der Waals surface area contributed by atoms with E-state index in [0.29, 0.717) is 24.2 Å². The van der Waals surface area contributed by atoms with Crippen LogP contribution < -0.4 is 0 Å². The number of nitrogens with zero attached hydrogens (tertiary/aromatic N) is 2. The van der Waals surface area contributed by atoms with Crippen LogP contribution in [0.4, 0.5) is 0 Å². The van der Waals surface area contributed by atoms with Crippen LogP contribution in [-0.2, 0) is 0 Å². The topological polar surface area (TPSA) is 6.48 Å². The second-order valence-electron chi connectivity index (χ2n) is 7.69. The number of hydrogen-bond donors (Lipinski definition) is 0. The lowest BCUT2D eigenvalue weighted by molar-refractivity contribution is -0.0130. The van der Waals surface area contributed by atoms with Gasteiger partial charge in [0.05, 0.1) is 0 Å². The summed E-state index contributed by atoms with van der Waals surface area (Å²) in [5.74, 6) is 0. The van der Waals surface area contributed by atoms with E-state index in [0.717, 1.165) is 12.1 Å². The van der Waals surface area contributed by atoms with Gasteiger partial charge in [-0.15, -0.1) is 0 Å². The van der Waals surface area contributed by atoms with Crippen molar-refractivity contribution in [2.75, 3.05) is 0 Å². The van der Waals surface area contributed by atoms with Crippen LogP contribution in [0.15, 0.2) is 0 Å². The molecule has 2 atom stereocenters. The van der Waals surface area contributed by atoms with E-state index in [9.17, 15) is 0 Å². The van der Waals surface area contributed by atoms with Gasteiger partial charge in [-0.3, -0.25) is 9.80 Å². The molecule has 1 saturated carbocycles. The van der Waals surface area contributed by atoms with Crippen LogP contribution in [0, 0.1) is 0 Å². The highest BCUT2D eigenvalue weighted by molar-refractivity contribution is 4.94. The molecule has 0 spiro atoms. The Morgan fingerprint density at radius 1 is 0.550 bits per heavy atom. The quantitative estimate of drug-likeness (QED) is 0.706. The molecule has 0 heterocycles. The summed E-state index contributed by atoms with van der Waals surface area (Å²) in [6.45, 7) is 18.9. The second-order valence-corrected chi connectivity index (χ2v) is 7.69. The van der Waals surface area contributed by atoms with E-state index in [1.165, 1.54) is 25.7 Å². The summed E-state index contributed by atoms with van der Waals surface area (Å²) in [4.78, 5) is 5.53. The fourth-order valence-electron chi connectivity index (χ4n) is 4.51. The molecule has 20 heavy (non-hydrogen) atoms. The largest absolute Gasteiger partial charge is 0.294 e. The van der Waals surface area contributed by atoms with Crippen LogP contribution >= 0.6 is 0 Å². The molecule has 0 N–H and O–H groups in total. The average molecular weight is 283 g/mol. The van der Waals surface area contributed by atoms with Crippen LogP contribution in [0.25, 0.3) is 0 Å². The van der Waals surface area contributed by atoms with E-state index >= 15 is 0 Å². The predicted molar refractivity (Wildman–Crippen MR) is 90.3 cm³/mol. The zero-order valence-corrected chi connectivity index (χ0v) is 15.2. The van der Waals surface area contributed by atoms with Crippen LogP contribution in [0.2, 0.25) is 0 Å². The van der Waals surface area contributed by atoms with Crippen molar-refractivity contribution in [1.29, 1.82) is 0 Å². The summed E-state index contributed by atoms with van der Waals surface area (Å²) in [5, 5.41) is 0. The molecule has 0 amide bonds. The first-order chi connectivity index (χ1) is 9.27. The molecule has 0 bridgehead atoms. The maximum Gasteiger partial charge on any atom is 0.0257 e. The number of rotatable bonds is 6. The molecular weight excluding hydrogens is 244 g/mol. The Morgan fingerprint density at radius 2 is 0.800 bits per heavy atom. The summed E-state index contributed by atoms with van der Waals surface area (Å²) in [7, 11) is 0. The maximum atomic E-state index is 2.77. The Morgan fingerprint density at radius 3 is 1.00 bits per heavy atom. The van der Waals surface area contributed by atoms with Gasteiger partial charge >= 0.3 is 0 Å². The Bertz CT molecular complexity index is 227. The van der Waals surface area contributed by atoms with Crippen molar-refractivity contribution in [1.82, 2.24) is 9.80 Å². The summed E-state index contributed by atoms with van der Waals surface area (Å²) in [5.41, 5.74) is 0. The zero-order valence-electron chi connectivity index (χ0n) is 15.2.